The van der Waals surface area contributed by atoms with Crippen LogP contribution >= 0.6 is 0 Å². The highest BCUT2D eigenvalue weighted by atomic mass is 32.2. The van der Waals surface area contributed by atoms with Crippen LogP contribution in [0.5, 0.6) is 0 Å². The van der Waals surface area contributed by atoms with Gasteiger partial charge in [-0.15, -0.1) is 0 Å². The van der Waals surface area contributed by atoms with Crippen molar-refractivity contribution in [1.82, 2.24) is 0 Å². The molecule has 0 saturated heterocycles. The molecule has 0 aliphatic heterocycles. The maximum atomic E-state index is 13.6. The fraction of sp³-hybridized carbons (Fsp3) is 0.133. The molecule has 5 heteroatoms. The van der Waals surface area contributed by atoms with E-state index in [1.165, 1.54) is 12.1 Å². The molecule has 2 aromatic carbocycles. The Balaban J connectivity index is 2.23. The Morgan fingerprint density at radius 2 is 1.95 bits per heavy atom. The number of hydrogen-bond donors (Lipinski definition) is 1. The van der Waals surface area contributed by atoms with E-state index >= 15 is 0 Å². The lowest BCUT2D eigenvalue weighted by molar-refractivity contribution is 0.0692. The molecule has 20 heavy (non-hydrogen) atoms. The van der Waals surface area contributed by atoms with Crippen LogP contribution in [0.4, 0.5) is 4.39 Å². The van der Waals surface area contributed by atoms with E-state index in [9.17, 15) is 13.4 Å². The SMILES string of the molecule is Cc1ccccc1S(=O)Cc1ccc(C(=O)O)c(F)c1. The Morgan fingerprint density at radius 1 is 1.25 bits per heavy atom. The van der Waals surface area contributed by atoms with Gasteiger partial charge in [-0.25, -0.2) is 9.18 Å². The first kappa shape index (κ1) is 14.4. The Bertz CT molecular complexity index is 683. The number of carbonyl (C=O) groups is 1. The summed E-state index contributed by atoms with van der Waals surface area (Å²) in [5.41, 5.74) is 1.04. The van der Waals surface area contributed by atoms with Crippen molar-refractivity contribution in [2.45, 2.75) is 17.6 Å². The molecule has 0 fully saturated rings. The summed E-state index contributed by atoms with van der Waals surface area (Å²) in [5.74, 6) is -1.97. The first-order chi connectivity index (χ1) is 9.49. The van der Waals surface area contributed by atoms with Gasteiger partial charge in [-0.05, 0) is 36.2 Å². The highest BCUT2D eigenvalue weighted by Gasteiger charge is 2.13. The molecule has 104 valence electrons. The number of aryl methyl sites for hydroxylation is 1. The summed E-state index contributed by atoms with van der Waals surface area (Å²) in [4.78, 5) is 11.4. The minimum Gasteiger partial charge on any atom is -0.478 e. The summed E-state index contributed by atoms with van der Waals surface area (Å²) in [6.07, 6.45) is 0. The zero-order valence-corrected chi connectivity index (χ0v) is 11.6. The second-order valence-electron chi connectivity index (χ2n) is 4.37. The molecule has 0 aromatic heterocycles. The van der Waals surface area contributed by atoms with Crippen molar-refractivity contribution in [2.24, 2.45) is 0 Å². The number of benzene rings is 2. The van der Waals surface area contributed by atoms with Gasteiger partial charge in [0.15, 0.2) is 0 Å². The normalized spacial score (nSPS) is 12.1. The van der Waals surface area contributed by atoms with Crippen LogP contribution in [0, 0.1) is 12.7 Å². The molecule has 2 rings (SSSR count). The second kappa shape index (κ2) is 5.96. The molecule has 2 aromatic rings. The molecule has 1 N–H and O–H groups in total. The van der Waals surface area contributed by atoms with Gasteiger partial charge in [0.25, 0.3) is 0 Å². The zero-order valence-electron chi connectivity index (χ0n) is 10.8. The average Bonchev–Trinajstić information content (AvgIpc) is 2.38. The average molecular weight is 292 g/mol. The minimum absolute atomic E-state index is 0.154. The third-order valence-electron chi connectivity index (χ3n) is 2.90. The quantitative estimate of drug-likeness (QED) is 0.942. The molecule has 0 saturated carbocycles. The molecule has 0 aliphatic carbocycles. The molecule has 0 amide bonds. The monoisotopic (exact) mass is 292 g/mol. The summed E-state index contributed by atoms with van der Waals surface area (Å²) < 4.78 is 25.8. The van der Waals surface area contributed by atoms with Crippen molar-refractivity contribution in [3.8, 4) is 0 Å². The highest BCUT2D eigenvalue weighted by Crippen LogP contribution is 2.18. The molecule has 0 spiro atoms. The molecule has 0 heterocycles. The topological polar surface area (TPSA) is 54.4 Å². The fourth-order valence-electron chi connectivity index (χ4n) is 1.86. The lowest BCUT2D eigenvalue weighted by Crippen LogP contribution is -2.03. The summed E-state index contributed by atoms with van der Waals surface area (Å²) >= 11 is 0. The maximum Gasteiger partial charge on any atom is 0.338 e. The number of aromatic carboxylic acids is 1. The molecule has 3 nitrogen and oxygen atoms in total. The van der Waals surface area contributed by atoms with E-state index in [2.05, 4.69) is 0 Å². The minimum atomic E-state index is -1.31. The molecule has 0 aliphatic rings. The summed E-state index contributed by atoms with van der Waals surface area (Å²) in [7, 11) is -1.29. The van der Waals surface area contributed by atoms with Crippen molar-refractivity contribution < 1.29 is 18.5 Å². The van der Waals surface area contributed by atoms with Gasteiger partial charge < -0.3 is 5.11 Å². The Labute approximate surface area is 118 Å². The Morgan fingerprint density at radius 3 is 2.55 bits per heavy atom. The predicted molar refractivity (Wildman–Crippen MR) is 74.7 cm³/mol. The van der Waals surface area contributed by atoms with Crippen LogP contribution in [0.3, 0.4) is 0 Å². The third kappa shape index (κ3) is 3.11. The van der Waals surface area contributed by atoms with Gasteiger partial charge in [0.05, 0.1) is 22.1 Å². The zero-order chi connectivity index (χ0) is 14.7. The number of hydrogen-bond acceptors (Lipinski definition) is 2. The van der Waals surface area contributed by atoms with Crippen molar-refractivity contribution in [2.75, 3.05) is 0 Å². The lowest BCUT2D eigenvalue weighted by Gasteiger charge is -2.06. The van der Waals surface area contributed by atoms with E-state index in [1.54, 1.807) is 12.1 Å². The number of halogens is 1. The van der Waals surface area contributed by atoms with E-state index in [0.717, 1.165) is 11.6 Å². The van der Waals surface area contributed by atoms with Crippen LogP contribution in [0.15, 0.2) is 47.4 Å². The molecule has 1 atom stereocenters. The first-order valence-corrected chi connectivity index (χ1v) is 7.26. The van der Waals surface area contributed by atoms with Gasteiger partial charge in [-0.1, -0.05) is 24.3 Å². The standard InChI is InChI=1S/C15H13FO3S/c1-10-4-2-3-5-14(10)20(19)9-11-6-7-12(15(17)18)13(16)8-11/h2-8H,9H2,1H3,(H,17,18). The van der Waals surface area contributed by atoms with Gasteiger partial charge >= 0.3 is 5.97 Å². The molecular weight excluding hydrogens is 279 g/mol. The number of rotatable bonds is 4. The highest BCUT2D eigenvalue weighted by molar-refractivity contribution is 7.84. The smallest absolute Gasteiger partial charge is 0.338 e. The predicted octanol–water partition coefficient (Wildman–Crippen LogP) is 3.14. The number of carboxylic acids is 1. The summed E-state index contributed by atoms with van der Waals surface area (Å²) in [6.45, 7) is 1.86. The van der Waals surface area contributed by atoms with Crippen LogP contribution in [-0.2, 0) is 16.6 Å². The van der Waals surface area contributed by atoms with E-state index in [0.29, 0.717) is 10.5 Å². The van der Waals surface area contributed by atoms with Crippen LogP contribution in [0.1, 0.15) is 21.5 Å². The molecular formula is C15H13FO3S. The summed E-state index contributed by atoms with van der Waals surface area (Å²) in [5, 5.41) is 8.75. The van der Waals surface area contributed by atoms with Gasteiger partial charge in [0, 0.05) is 4.90 Å². The molecule has 0 radical (unpaired) electrons. The Hall–Kier alpha value is -2.01. The van der Waals surface area contributed by atoms with Gasteiger partial charge in [-0.2, -0.15) is 0 Å². The summed E-state index contributed by atoms with van der Waals surface area (Å²) in [6, 6.07) is 11.1. The van der Waals surface area contributed by atoms with Crippen LogP contribution in [-0.4, -0.2) is 15.3 Å². The van der Waals surface area contributed by atoms with Crippen molar-refractivity contribution in [3.63, 3.8) is 0 Å². The van der Waals surface area contributed by atoms with Crippen LogP contribution < -0.4 is 0 Å². The van der Waals surface area contributed by atoms with Crippen molar-refractivity contribution in [3.05, 3.63) is 65.0 Å². The van der Waals surface area contributed by atoms with Crippen molar-refractivity contribution >= 4 is 16.8 Å². The largest absolute Gasteiger partial charge is 0.478 e. The third-order valence-corrected chi connectivity index (χ3v) is 4.44. The van der Waals surface area contributed by atoms with E-state index < -0.39 is 22.6 Å². The first-order valence-electron chi connectivity index (χ1n) is 5.95. The fourth-order valence-corrected chi connectivity index (χ4v) is 3.16. The van der Waals surface area contributed by atoms with E-state index in [-0.39, 0.29) is 11.3 Å². The lowest BCUT2D eigenvalue weighted by atomic mass is 10.1. The van der Waals surface area contributed by atoms with Gasteiger partial charge in [0.2, 0.25) is 0 Å². The second-order valence-corrected chi connectivity index (χ2v) is 5.79. The Kier molecular flexibility index (Phi) is 4.29. The molecule has 0 bridgehead atoms. The van der Waals surface area contributed by atoms with Crippen molar-refractivity contribution in [1.29, 1.82) is 0 Å². The van der Waals surface area contributed by atoms with E-state index in [4.69, 9.17) is 5.11 Å². The number of carboxylic acid groups (broad SMARTS) is 1. The molecule has 1 unspecified atom stereocenters. The van der Waals surface area contributed by atoms with Gasteiger partial charge in [0.1, 0.15) is 5.82 Å². The van der Waals surface area contributed by atoms with E-state index in [1.807, 2.05) is 19.1 Å². The van der Waals surface area contributed by atoms with Crippen LogP contribution in [0.25, 0.3) is 0 Å². The van der Waals surface area contributed by atoms with Gasteiger partial charge in [-0.3, -0.25) is 4.21 Å². The van der Waals surface area contributed by atoms with Crippen LogP contribution in [0.2, 0.25) is 0 Å². The maximum absolute atomic E-state index is 13.6.